The van der Waals surface area contributed by atoms with Gasteiger partial charge in [0, 0.05) is 12.3 Å². The molecule has 0 bridgehead atoms. The SMILES string of the molecule is c1nc(CC2CCCNC2)oc1C1CC1. The Labute approximate surface area is 90.3 Å². The van der Waals surface area contributed by atoms with Crippen LogP contribution in [0.5, 0.6) is 0 Å². The van der Waals surface area contributed by atoms with Gasteiger partial charge in [-0.1, -0.05) is 0 Å². The molecule has 1 saturated heterocycles. The zero-order chi connectivity index (χ0) is 10.1. The number of hydrogen-bond acceptors (Lipinski definition) is 3. The molecular weight excluding hydrogens is 188 g/mol. The third-order valence-electron chi connectivity index (χ3n) is 3.41. The lowest BCUT2D eigenvalue weighted by atomic mass is 9.96. The molecule has 3 nitrogen and oxygen atoms in total. The minimum Gasteiger partial charge on any atom is -0.445 e. The van der Waals surface area contributed by atoms with Gasteiger partial charge in [0.15, 0.2) is 5.89 Å². The van der Waals surface area contributed by atoms with Gasteiger partial charge in [0.05, 0.1) is 6.20 Å². The predicted molar refractivity (Wildman–Crippen MR) is 57.8 cm³/mol. The van der Waals surface area contributed by atoms with E-state index in [0.717, 1.165) is 30.5 Å². The Morgan fingerprint density at radius 1 is 1.40 bits per heavy atom. The van der Waals surface area contributed by atoms with E-state index < -0.39 is 0 Å². The highest BCUT2D eigenvalue weighted by Gasteiger charge is 2.27. The first-order chi connectivity index (χ1) is 7.42. The molecular formula is C12H18N2O. The lowest BCUT2D eigenvalue weighted by Crippen LogP contribution is -2.30. The van der Waals surface area contributed by atoms with Gasteiger partial charge in [-0.25, -0.2) is 4.98 Å². The molecule has 2 heterocycles. The molecule has 1 N–H and O–H groups in total. The van der Waals surface area contributed by atoms with Crippen molar-refractivity contribution in [2.45, 2.75) is 38.0 Å². The number of piperidine rings is 1. The summed E-state index contributed by atoms with van der Waals surface area (Å²) in [6, 6.07) is 0. The highest BCUT2D eigenvalue weighted by molar-refractivity contribution is 5.08. The first kappa shape index (κ1) is 9.40. The molecule has 1 unspecified atom stereocenters. The zero-order valence-corrected chi connectivity index (χ0v) is 9.04. The van der Waals surface area contributed by atoms with Crippen LogP contribution in [0.15, 0.2) is 10.6 Å². The van der Waals surface area contributed by atoms with E-state index in [4.69, 9.17) is 4.42 Å². The van der Waals surface area contributed by atoms with E-state index in [1.165, 1.54) is 32.2 Å². The summed E-state index contributed by atoms with van der Waals surface area (Å²) in [7, 11) is 0. The van der Waals surface area contributed by atoms with Gasteiger partial charge in [-0.2, -0.15) is 0 Å². The second kappa shape index (κ2) is 3.97. The Hall–Kier alpha value is -0.830. The summed E-state index contributed by atoms with van der Waals surface area (Å²) in [5, 5.41) is 3.43. The van der Waals surface area contributed by atoms with Crippen LogP contribution in [0.4, 0.5) is 0 Å². The van der Waals surface area contributed by atoms with Crippen LogP contribution in [0.3, 0.4) is 0 Å². The molecule has 0 radical (unpaired) electrons. The van der Waals surface area contributed by atoms with Crippen molar-refractivity contribution in [3.05, 3.63) is 17.8 Å². The second-order valence-electron chi connectivity index (χ2n) is 4.85. The third kappa shape index (κ3) is 2.23. The first-order valence-electron chi connectivity index (χ1n) is 6.07. The van der Waals surface area contributed by atoms with E-state index in [9.17, 15) is 0 Å². The Kier molecular flexibility index (Phi) is 2.49. The van der Waals surface area contributed by atoms with Crippen LogP contribution in [0.1, 0.15) is 43.3 Å². The Balaban J connectivity index is 1.60. The highest BCUT2D eigenvalue weighted by atomic mass is 16.4. The van der Waals surface area contributed by atoms with E-state index in [0.29, 0.717) is 5.92 Å². The number of rotatable bonds is 3. The minimum atomic E-state index is 0.690. The predicted octanol–water partition coefficient (Wildman–Crippen LogP) is 2.09. The van der Waals surface area contributed by atoms with Crippen LogP contribution in [0.2, 0.25) is 0 Å². The van der Waals surface area contributed by atoms with Crippen molar-refractivity contribution in [2.24, 2.45) is 5.92 Å². The molecule has 0 spiro atoms. The summed E-state index contributed by atoms with van der Waals surface area (Å²) in [5.41, 5.74) is 0. The molecule has 1 saturated carbocycles. The summed E-state index contributed by atoms with van der Waals surface area (Å²) in [6.45, 7) is 2.30. The average Bonchev–Trinajstić information content (AvgIpc) is 3.02. The van der Waals surface area contributed by atoms with Crippen LogP contribution in [0.25, 0.3) is 0 Å². The maximum absolute atomic E-state index is 5.77. The van der Waals surface area contributed by atoms with Gasteiger partial charge < -0.3 is 9.73 Å². The maximum atomic E-state index is 5.77. The van der Waals surface area contributed by atoms with Gasteiger partial charge in [0.2, 0.25) is 0 Å². The van der Waals surface area contributed by atoms with E-state index in [2.05, 4.69) is 10.3 Å². The quantitative estimate of drug-likeness (QED) is 0.823. The molecule has 15 heavy (non-hydrogen) atoms. The van der Waals surface area contributed by atoms with Crippen molar-refractivity contribution in [1.82, 2.24) is 10.3 Å². The van der Waals surface area contributed by atoms with E-state index in [1.807, 2.05) is 6.20 Å². The molecule has 0 amide bonds. The molecule has 1 atom stereocenters. The number of oxazole rings is 1. The molecule has 3 heteroatoms. The summed E-state index contributed by atoms with van der Waals surface area (Å²) in [5.74, 6) is 3.49. The van der Waals surface area contributed by atoms with Crippen LogP contribution < -0.4 is 5.32 Å². The second-order valence-corrected chi connectivity index (χ2v) is 4.85. The fraction of sp³-hybridized carbons (Fsp3) is 0.750. The van der Waals surface area contributed by atoms with Crippen molar-refractivity contribution in [3.8, 4) is 0 Å². The summed E-state index contributed by atoms with van der Waals surface area (Å²) in [6.07, 6.45) is 8.14. The molecule has 82 valence electrons. The molecule has 1 aromatic heterocycles. The van der Waals surface area contributed by atoms with E-state index >= 15 is 0 Å². The minimum absolute atomic E-state index is 0.690. The zero-order valence-electron chi connectivity index (χ0n) is 9.04. The number of nitrogens with zero attached hydrogens (tertiary/aromatic N) is 1. The maximum Gasteiger partial charge on any atom is 0.194 e. The fourth-order valence-corrected chi connectivity index (χ4v) is 2.32. The smallest absolute Gasteiger partial charge is 0.194 e. The van der Waals surface area contributed by atoms with Gasteiger partial charge in [0.1, 0.15) is 5.76 Å². The fourth-order valence-electron chi connectivity index (χ4n) is 2.32. The number of hydrogen-bond donors (Lipinski definition) is 1. The molecule has 1 aliphatic carbocycles. The van der Waals surface area contributed by atoms with Gasteiger partial charge in [-0.3, -0.25) is 0 Å². The van der Waals surface area contributed by atoms with Crippen LogP contribution in [-0.4, -0.2) is 18.1 Å². The van der Waals surface area contributed by atoms with Crippen LogP contribution in [0, 0.1) is 5.92 Å². The van der Waals surface area contributed by atoms with Gasteiger partial charge in [-0.15, -0.1) is 0 Å². The van der Waals surface area contributed by atoms with Crippen molar-refractivity contribution >= 4 is 0 Å². The molecule has 3 rings (SSSR count). The lowest BCUT2D eigenvalue weighted by molar-refractivity contribution is 0.339. The lowest BCUT2D eigenvalue weighted by Gasteiger charge is -2.21. The van der Waals surface area contributed by atoms with Crippen molar-refractivity contribution in [2.75, 3.05) is 13.1 Å². The molecule has 2 aliphatic rings. The van der Waals surface area contributed by atoms with Crippen LogP contribution >= 0.6 is 0 Å². The standard InChI is InChI=1S/C12H18N2O/c1-2-9(7-13-5-1)6-12-14-8-11(15-12)10-3-4-10/h8-10,13H,1-7H2. The Morgan fingerprint density at radius 2 is 2.33 bits per heavy atom. The van der Waals surface area contributed by atoms with E-state index in [1.54, 1.807) is 0 Å². The largest absolute Gasteiger partial charge is 0.445 e. The Bertz CT molecular complexity index is 324. The highest BCUT2D eigenvalue weighted by Crippen LogP contribution is 2.40. The number of nitrogens with one attached hydrogen (secondary N) is 1. The van der Waals surface area contributed by atoms with Gasteiger partial charge in [0.25, 0.3) is 0 Å². The van der Waals surface area contributed by atoms with Crippen molar-refractivity contribution in [1.29, 1.82) is 0 Å². The topological polar surface area (TPSA) is 38.1 Å². The third-order valence-corrected chi connectivity index (χ3v) is 3.41. The molecule has 1 aliphatic heterocycles. The monoisotopic (exact) mass is 206 g/mol. The molecule has 2 fully saturated rings. The summed E-state index contributed by atoms with van der Waals surface area (Å²) in [4.78, 5) is 4.38. The molecule has 0 aromatic carbocycles. The van der Waals surface area contributed by atoms with Gasteiger partial charge >= 0.3 is 0 Å². The summed E-state index contributed by atoms with van der Waals surface area (Å²) >= 11 is 0. The number of aromatic nitrogens is 1. The van der Waals surface area contributed by atoms with Crippen LogP contribution in [-0.2, 0) is 6.42 Å². The van der Waals surface area contributed by atoms with Crippen molar-refractivity contribution < 1.29 is 4.42 Å². The van der Waals surface area contributed by atoms with Crippen molar-refractivity contribution in [3.63, 3.8) is 0 Å². The summed E-state index contributed by atoms with van der Waals surface area (Å²) < 4.78 is 5.77. The molecule has 1 aromatic rings. The normalized spacial score (nSPS) is 26.8. The Morgan fingerprint density at radius 3 is 3.07 bits per heavy atom. The average molecular weight is 206 g/mol. The van der Waals surface area contributed by atoms with E-state index in [-0.39, 0.29) is 0 Å². The first-order valence-corrected chi connectivity index (χ1v) is 6.07. The van der Waals surface area contributed by atoms with Gasteiger partial charge in [-0.05, 0) is 44.7 Å².